The predicted molar refractivity (Wildman–Crippen MR) is 56.0 cm³/mol. The van der Waals surface area contributed by atoms with Gasteiger partial charge >= 0.3 is 5.97 Å². The molecule has 0 spiro atoms. The molecule has 0 N–H and O–H groups in total. The van der Waals surface area contributed by atoms with Gasteiger partial charge in [0.1, 0.15) is 11.6 Å². The highest BCUT2D eigenvalue weighted by atomic mass is 19.2. The van der Waals surface area contributed by atoms with Crippen LogP contribution in [0.3, 0.4) is 0 Å². The molecule has 0 bridgehead atoms. The number of ether oxygens (including phenoxy) is 1. The Morgan fingerprint density at radius 1 is 1.15 bits per heavy atom. The average molecular weight is 286 g/mol. The highest BCUT2D eigenvalue weighted by molar-refractivity contribution is 5.81. The van der Waals surface area contributed by atoms with Crippen LogP contribution >= 0.6 is 0 Å². The Bertz CT molecular complexity index is 617. The summed E-state index contributed by atoms with van der Waals surface area (Å²) in [5.74, 6) is -11.4. The molecule has 0 radical (unpaired) electrons. The second kappa shape index (κ2) is 6.02. The largest absolute Gasteiger partial charge is 0.465 e. The first-order chi connectivity index (χ1) is 9.40. The molecule has 0 aliphatic carbocycles. The van der Waals surface area contributed by atoms with Crippen molar-refractivity contribution < 1.29 is 27.1 Å². The van der Waals surface area contributed by atoms with Gasteiger partial charge in [-0.05, 0) is 6.92 Å². The SMILES string of the molecule is CCOC(=O)C(C#N)c1c(F)c(F)c(C#N)c(F)c1F. The van der Waals surface area contributed by atoms with Crippen molar-refractivity contribution >= 4 is 5.97 Å². The van der Waals surface area contributed by atoms with Crippen LogP contribution in [0.1, 0.15) is 24.0 Å². The van der Waals surface area contributed by atoms with Crippen molar-refractivity contribution in [2.75, 3.05) is 6.61 Å². The van der Waals surface area contributed by atoms with Crippen LogP contribution in [-0.4, -0.2) is 12.6 Å². The van der Waals surface area contributed by atoms with Gasteiger partial charge in [0.2, 0.25) is 0 Å². The summed E-state index contributed by atoms with van der Waals surface area (Å²) in [4.78, 5) is 11.4. The lowest BCUT2D eigenvalue weighted by Crippen LogP contribution is -2.19. The molecule has 104 valence electrons. The van der Waals surface area contributed by atoms with Crippen molar-refractivity contribution in [1.82, 2.24) is 0 Å². The minimum atomic E-state index is -2.17. The van der Waals surface area contributed by atoms with Crippen LogP contribution < -0.4 is 0 Å². The molecule has 0 aliphatic heterocycles. The maximum atomic E-state index is 13.6. The average Bonchev–Trinajstić information content (AvgIpc) is 2.42. The molecule has 0 aromatic heterocycles. The van der Waals surface area contributed by atoms with E-state index in [-0.39, 0.29) is 6.61 Å². The molecule has 0 heterocycles. The van der Waals surface area contributed by atoms with Crippen LogP contribution in [0.15, 0.2) is 0 Å². The Labute approximate surface area is 110 Å². The fourth-order valence-electron chi connectivity index (χ4n) is 1.46. The summed E-state index contributed by atoms with van der Waals surface area (Å²) in [6, 6.07) is 2.16. The summed E-state index contributed by atoms with van der Waals surface area (Å²) >= 11 is 0. The monoisotopic (exact) mass is 286 g/mol. The Kier molecular flexibility index (Phi) is 4.65. The summed E-state index contributed by atoms with van der Waals surface area (Å²) in [5.41, 5.74) is -2.88. The van der Waals surface area contributed by atoms with Gasteiger partial charge in [0.05, 0.1) is 18.2 Å². The smallest absolute Gasteiger partial charge is 0.328 e. The van der Waals surface area contributed by atoms with E-state index in [1.54, 1.807) is 0 Å². The zero-order chi connectivity index (χ0) is 15.4. The summed E-state index contributed by atoms with van der Waals surface area (Å²) in [5, 5.41) is 17.1. The highest BCUT2D eigenvalue weighted by Gasteiger charge is 2.34. The number of esters is 1. The molecule has 0 saturated heterocycles. The van der Waals surface area contributed by atoms with Crippen molar-refractivity contribution in [3.05, 3.63) is 34.4 Å². The van der Waals surface area contributed by atoms with E-state index in [9.17, 15) is 22.4 Å². The number of nitriles is 2. The Morgan fingerprint density at radius 2 is 1.65 bits per heavy atom. The third-order valence-corrected chi connectivity index (χ3v) is 2.35. The standard InChI is InChI=1S/C12H6F4N2O2/c1-2-20-12(19)5(3-17)7-10(15)8(13)6(4-18)9(14)11(7)16/h5H,2H2,1H3. The number of carbonyl (C=O) groups excluding carboxylic acids is 1. The first-order valence-electron chi connectivity index (χ1n) is 5.22. The third-order valence-electron chi connectivity index (χ3n) is 2.35. The normalized spacial score (nSPS) is 11.3. The minimum absolute atomic E-state index is 0.193. The van der Waals surface area contributed by atoms with E-state index in [4.69, 9.17) is 10.5 Å². The second-order valence-electron chi connectivity index (χ2n) is 3.47. The number of rotatable bonds is 3. The Hall–Kier alpha value is -2.61. The molecule has 0 fully saturated rings. The van der Waals surface area contributed by atoms with Crippen molar-refractivity contribution in [2.24, 2.45) is 0 Å². The second-order valence-corrected chi connectivity index (χ2v) is 3.47. The molecular formula is C12H6F4N2O2. The molecule has 0 aliphatic rings. The zero-order valence-electron chi connectivity index (χ0n) is 10.0. The van der Waals surface area contributed by atoms with E-state index < -0.39 is 46.3 Å². The minimum Gasteiger partial charge on any atom is -0.465 e. The van der Waals surface area contributed by atoms with E-state index in [1.807, 2.05) is 0 Å². The quantitative estimate of drug-likeness (QED) is 0.485. The van der Waals surface area contributed by atoms with Gasteiger partial charge in [-0.2, -0.15) is 10.5 Å². The van der Waals surface area contributed by atoms with E-state index >= 15 is 0 Å². The number of halogens is 4. The molecular weight excluding hydrogens is 280 g/mol. The van der Waals surface area contributed by atoms with E-state index in [0.29, 0.717) is 0 Å². The number of nitrogens with zero attached hydrogens (tertiary/aromatic N) is 2. The topological polar surface area (TPSA) is 73.9 Å². The molecule has 1 unspecified atom stereocenters. The molecule has 1 rings (SSSR count). The van der Waals surface area contributed by atoms with E-state index in [1.165, 1.54) is 13.0 Å². The van der Waals surface area contributed by atoms with Crippen molar-refractivity contribution in [3.63, 3.8) is 0 Å². The van der Waals surface area contributed by atoms with Gasteiger partial charge in [-0.3, -0.25) is 4.79 Å². The fourth-order valence-corrected chi connectivity index (χ4v) is 1.46. The van der Waals surface area contributed by atoms with E-state index in [0.717, 1.165) is 6.07 Å². The first-order valence-corrected chi connectivity index (χ1v) is 5.22. The molecule has 20 heavy (non-hydrogen) atoms. The van der Waals surface area contributed by atoms with Gasteiger partial charge in [0, 0.05) is 0 Å². The Balaban J connectivity index is 3.58. The molecule has 1 aromatic rings. The van der Waals surface area contributed by atoms with E-state index in [2.05, 4.69) is 4.74 Å². The van der Waals surface area contributed by atoms with Crippen molar-refractivity contribution in [1.29, 1.82) is 10.5 Å². The van der Waals surface area contributed by atoms with Crippen LogP contribution in [0, 0.1) is 45.9 Å². The molecule has 1 aromatic carbocycles. The summed E-state index contributed by atoms with van der Waals surface area (Å²) < 4.78 is 58.4. The number of carbonyl (C=O) groups is 1. The number of benzene rings is 1. The van der Waals surface area contributed by atoms with Crippen LogP contribution in [0.5, 0.6) is 0 Å². The van der Waals surface area contributed by atoms with Crippen LogP contribution in [-0.2, 0) is 9.53 Å². The lowest BCUT2D eigenvalue weighted by Gasteiger charge is -2.12. The third kappa shape index (κ3) is 2.41. The molecule has 0 amide bonds. The van der Waals surface area contributed by atoms with Gasteiger partial charge in [0.25, 0.3) is 0 Å². The number of hydrogen-bond acceptors (Lipinski definition) is 4. The molecule has 1 atom stereocenters. The molecule has 4 nitrogen and oxygen atoms in total. The zero-order valence-corrected chi connectivity index (χ0v) is 10.0. The lowest BCUT2D eigenvalue weighted by molar-refractivity contribution is -0.143. The van der Waals surface area contributed by atoms with Gasteiger partial charge in [-0.15, -0.1) is 0 Å². The summed E-state index contributed by atoms with van der Waals surface area (Å²) in [6.45, 7) is 1.18. The Morgan fingerprint density at radius 3 is 2.00 bits per heavy atom. The maximum absolute atomic E-state index is 13.6. The van der Waals surface area contributed by atoms with Gasteiger partial charge < -0.3 is 4.74 Å². The maximum Gasteiger partial charge on any atom is 0.328 e. The predicted octanol–water partition coefficient (Wildman–Crippen LogP) is 2.28. The molecule has 8 heteroatoms. The summed E-state index contributed by atoms with van der Waals surface area (Å²) in [7, 11) is 0. The number of hydrogen-bond donors (Lipinski definition) is 0. The van der Waals surface area contributed by atoms with Gasteiger partial charge in [-0.1, -0.05) is 0 Å². The lowest BCUT2D eigenvalue weighted by atomic mass is 9.97. The van der Waals surface area contributed by atoms with Gasteiger partial charge in [0.15, 0.2) is 29.2 Å². The molecule has 0 saturated carbocycles. The van der Waals surface area contributed by atoms with Crippen LogP contribution in [0.4, 0.5) is 17.6 Å². The fraction of sp³-hybridized carbons (Fsp3) is 0.250. The van der Waals surface area contributed by atoms with Crippen molar-refractivity contribution in [3.8, 4) is 12.1 Å². The van der Waals surface area contributed by atoms with Crippen LogP contribution in [0.25, 0.3) is 0 Å². The van der Waals surface area contributed by atoms with Crippen molar-refractivity contribution in [2.45, 2.75) is 12.8 Å². The highest BCUT2D eigenvalue weighted by Crippen LogP contribution is 2.29. The first kappa shape index (κ1) is 15.4. The van der Waals surface area contributed by atoms with Gasteiger partial charge in [-0.25, -0.2) is 17.6 Å². The summed E-state index contributed by atoms with van der Waals surface area (Å²) in [6.07, 6.45) is 0. The van der Waals surface area contributed by atoms with Crippen LogP contribution in [0.2, 0.25) is 0 Å².